The molecule has 0 saturated carbocycles. The van der Waals surface area contributed by atoms with Crippen molar-refractivity contribution in [3.8, 4) is 0 Å². The van der Waals surface area contributed by atoms with Gasteiger partial charge in [0.15, 0.2) is 0 Å². The highest BCUT2D eigenvalue weighted by Gasteiger charge is 2.40. The Morgan fingerprint density at radius 1 is 1.29 bits per heavy atom. The van der Waals surface area contributed by atoms with Crippen molar-refractivity contribution >= 4 is 5.97 Å². The molecule has 1 unspecified atom stereocenters. The first-order valence-corrected chi connectivity index (χ1v) is 7.86. The molecule has 1 aromatic carbocycles. The molecule has 4 heteroatoms. The molecule has 2 aliphatic heterocycles. The fraction of sp³-hybridized carbons (Fsp3) is 0.588. The molecule has 3 rings (SSSR count). The number of hydrogen-bond donors (Lipinski definition) is 1. The predicted molar refractivity (Wildman–Crippen MR) is 81.9 cm³/mol. The topological polar surface area (TPSA) is 55.6 Å². The molecule has 2 aliphatic rings. The third-order valence-corrected chi connectivity index (χ3v) is 5.06. The lowest BCUT2D eigenvalue weighted by Crippen LogP contribution is -2.44. The van der Waals surface area contributed by atoms with Crippen LogP contribution in [0.15, 0.2) is 30.3 Å². The number of carbonyl (C=O) groups is 1. The monoisotopic (exact) mass is 288 g/mol. The van der Waals surface area contributed by atoms with Gasteiger partial charge in [-0.1, -0.05) is 30.3 Å². The first kappa shape index (κ1) is 14.5. The number of nitrogens with two attached hydrogens (primary N) is 1. The highest BCUT2D eigenvalue weighted by Crippen LogP contribution is 2.36. The molecule has 114 valence electrons. The van der Waals surface area contributed by atoms with Crippen LogP contribution >= 0.6 is 0 Å². The number of nitrogens with zero attached hydrogens (tertiary/aromatic N) is 1. The summed E-state index contributed by atoms with van der Waals surface area (Å²) in [5.41, 5.74) is 6.74. The van der Waals surface area contributed by atoms with Gasteiger partial charge in [-0.3, -0.25) is 4.79 Å². The number of rotatable bonds is 4. The number of carbonyl (C=O) groups excluding carboxylic acids is 1. The Morgan fingerprint density at radius 2 is 1.90 bits per heavy atom. The predicted octanol–water partition coefficient (Wildman–Crippen LogP) is 1.90. The van der Waals surface area contributed by atoms with Gasteiger partial charge in [0.25, 0.3) is 0 Å². The minimum atomic E-state index is -0.344. The lowest BCUT2D eigenvalue weighted by molar-refractivity contribution is -0.154. The third-order valence-electron chi connectivity index (χ3n) is 5.06. The van der Waals surface area contributed by atoms with E-state index in [4.69, 9.17) is 10.5 Å². The van der Waals surface area contributed by atoms with Crippen LogP contribution in [0.2, 0.25) is 0 Å². The number of benzene rings is 1. The van der Waals surface area contributed by atoms with Gasteiger partial charge in [-0.2, -0.15) is 0 Å². The molecule has 2 fully saturated rings. The molecule has 0 amide bonds. The number of esters is 1. The standard InChI is InChI=1S/C17H24N2O2/c1-19-13-7-8-14(19)10-15(9-13)21-17(20)16(11-18)12-5-3-2-4-6-12/h2-6,13-16H,7-11,18H2,1H3/t13-,14+,15+,16?. The van der Waals surface area contributed by atoms with E-state index in [-0.39, 0.29) is 18.0 Å². The number of piperidine rings is 1. The second kappa shape index (κ2) is 6.16. The quantitative estimate of drug-likeness (QED) is 0.860. The van der Waals surface area contributed by atoms with Crippen molar-refractivity contribution < 1.29 is 9.53 Å². The lowest BCUT2D eigenvalue weighted by Gasteiger charge is -2.36. The van der Waals surface area contributed by atoms with Crippen molar-refractivity contribution in [1.29, 1.82) is 0 Å². The summed E-state index contributed by atoms with van der Waals surface area (Å²) in [4.78, 5) is 14.9. The van der Waals surface area contributed by atoms with Crippen LogP contribution in [0.5, 0.6) is 0 Å². The van der Waals surface area contributed by atoms with Gasteiger partial charge in [0.05, 0.1) is 5.92 Å². The summed E-state index contributed by atoms with van der Waals surface area (Å²) in [5, 5.41) is 0. The highest BCUT2D eigenvalue weighted by molar-refractivity contribution is 5.78. The summed E-state index contributed by atoms with van der Waals surface area (Å²) in [5.74, 6) is -0.513. The number of ether oxygens (including phenoxy) is 1. The molecule has 0 radical (unpaired) electrons. The van der Waals surface area contributed by atoms with E-state index in [2.05, 4.69) is 11.9 Å². The number of hydrogen-bond acceptors (Lipinski definition) is 4. The van der Waals surface area contributed by atoms with E-state index in [0.717, 1.165) is 18.4 Å². The maximum atomic E-state index is 12.4. The van der Waals surface area contributed by atoms with Crippen molar-refractivity contribution in [1.82, 2.24) is 4.90 Å². The van der Waals surface area contributed by atoms with Crippen molar-refractivity contribution in [2.45, 2.75) is 49.8 Å². The van der Waals surface area contributed by atoms with Crippen molar-refractivity contribution in [2.24, 2.45) is 5.73 Å². The van der Waals surface area contributed by atoms with Crippen LogP contribution in [0, 0.1) is 0 Å². The molecular weight excluding hydrogens is 264 g/mol. The minimum Gasteiger partial charge on any atom is -0.462 e. The van der Waals surface area contributed by atoms with E-state index in [1.54, 1.807) is 0 Å². The van der Waals surface area contributed by atoms with E-state index in [9.17, 15) is 4.79 Å². The summed E-state index contributed by atoms with van der Waals surface area (Å²) >= 11 is 0. The Morgan fingerprint density at radius 3 is 2.48 bits per heavy atom. The summed E-state index contributed by atoms with van der Waals surface area (Å²) in [6.45, 7) is 0.294. The van der Waals surface area contributed by atoms with Crippen LogP contribution in [0.3, 0.4) is 0 Å². The molecular formula is C17H24N2O2. The van der Waals surface area contributed by atoms with Crippen LogP contribution in [-0.2, 0) is 9.53 Å². The first-order valence-electron chi connectivity index (χ1n) is 7.86. The molecule has 21 heavy (non-hydrogen) atoms. The van der Waals surface area contributed by atoms with Crippen LogP contribution in [0.25, 0.3) is 0 Å². The van der Waals surface area contributed by atoms with E-state index in [0.29, 0.717) is 18.6 Å². The summed E-state index contributed by atoms with van der Waals surface area (Å²) in [6, 6.07) is 10.8. The van der Waals surface area contributed by atoms with Crippen LogP contribution < -0.4 is 5.73 Å². The van der Waals surface area contributed by atoms with Crippen molar-refractivity contribution in [3.63, 3.8) is 0 Å². The highest BCUT2D eigenvalue weighted by atomic mass is 16.5. The molecule has 4 nitrogen and oxygen atoms in total. The SMILES string of the molecule is CN1[C@@H]2CC[C@H]1C[C@@H](OC(=O)C(CN)c1ccccc1)C2. The van der Waals surface area contributed by atoms with E-state index >= 15 is 0 Å². The molecule has 2 N–H and O–H groups in total. The van der Waals surface area contributed by atoms with Gasteiger partial charge in [-0.25, -0.2) is 0 Å². The van der Waals surface area contributed by atoms with Gasteiger partial charge < -0.3 is 15.4 Å². The molecule has 2 saturated heterocycles. The zero-order chi connectivity index (χ0) is 14.8. The van der Waals surface area contributed by atoms with Gasteiger partial charge in [0.1, 0.15) is 6.10 Å². The Balaban J connectivity index is 1.63. The van der Waals surface area contributed by atoms with Crippen molar-refractivity contribution in [2.75, 3.05) is 13.6 Å². The second-order valence-corrected chi connectivity index (χ2v) is 6.28. The van der Waals surface area contributed by atoms with E-state index in [1.807, 2.05) is 30.3 Å². The fourth-order valence-electron chi connectivity index (χ4n) is 3.76. The largest absolute Gasteiger partial charge is 0.462 e. The van der Waals surface area contributed by atoms with Gasteiger partial charge >= 0.3 is 5.97 Å². The average Bonchev–Trinajstić information content (AvgIpc) is 2.72. The summed E-state index contributed by atoms with van der Waals surface area (Å²) in [6.07, 6.45) is 4.45. The van der Waals surface area contributed by atoms with Gasteiger partial charge in [0, 0.05) is 18.6 Å². The lowest BCUT2D eigenvalue weighted by atomic mass is 9.98. The Bertz CT molecular complexity index is 477. The normalized spacial score (nSPS) is 30.1. The molecule has 1 aromatic rings. The third kappa shape index (κ3) is 2.97. The molecule has 2 bridgehead atoms. The summed E-state index contributed by atoms with van der Waals surface area (Å²) < 4.78 is 5.78. The van der Waals surface area contributed by atoms with Crippen LogP contribution in [-0.4, -0.2) is 42.6 Å². The average molecular weight is 288 g/mol. The maximum Gasteiger partial charge on any atom is 0.314 e. The minimum absolute atomic E-state index is 0.0592. The molecule has 4 atom stereocenters. The van der Waals surface area contributed by atoms with E-state index < -0.39 is 0 Å². The fourth-order valence-corrected chi connectivity index (χ4v) is 3.76. The summed E-state index contributed by atoms with van der Waals surface area (Å²) in [7, 11) is 2.19. The van der Waals surface area contributed by atoms with Crippen LogP contribution in [0.4, 0.5) is 0 Å². The molecule has 2 heterocycles. The zero-order valence-electron chi connectivity index (χ0n) is 12.6. The second-order valence-electron chi connectivity index (χ2n) is 6.28. The van der Waals surface area contributed by atoms with Crippen LogP contribution in [0.1, 0.15) is 37.2 Å². The molecule has 0 aliphatic carbocycles. The van der Waals surface area contributed by atoms with E-state index in [1.165, 1.54) is 12.8 Å². The van der Waals surface area contributed by atoms with Gasteiger partial charge in [0.2, 0.25) is 0 Å². The smallest absolute Gasteiger partial charge is 0.314 e. The zero-order valence-corrected chi connectivity index (χ0v) is 12.6. The first-order chi connectivity index (χ1) is 10.2. The van der Waals surface area contributed by atoms with Crippen molar-refractivity contribution in [3.05, 3.63) is 35.9 Å². The Labute approximate surface area is 126 Å². The maximum absolute atomic E-state index is 12.4. The molecule has 0 spiro atoms. The Kier molecular flexibility index (Phi) is 4.27. The molecule has 0 aromatic heterocycles. The Hall–Kier alpha value is -1.39. The van der Waals surface area contributed by atoms with Gasteiger partial charge in [-0.15, -0.1) is 0 Å². The van der Waals surface area contributed by atoms with Gasteiger partial charge in [-0.05, 0) is 38.3 Å². The number of fused-ring (bicyclic) bond motifs is 2.